The van der Waals surface area contributed by atoms with E-state index in [2.05, 4.69) is 15.2 Å². The van der Waals surface area contributed by atoms with E-state index in [1.165, 1.54) is 11.8 Å². The van der Waals surface area contributed by atoms with E-state index < -0.39 is 9.84 Å². The number of fused-ring (bicyclic) bond motifs is 1. The standard InChI is InChI=1S/C23H26N4O4S2/c1-31-19-7-5-18(6-8-19)26-9-11-27(12-10-26)22(28)16-3-2-4-17(13-16)24-23-25-20-14-33(29,30)15-21(20)32-23/h2-8,13,20-21H,9-12,14-15H2,1H3,(H,24,25)/t20-,21+/m0/s1. The van der Waals surface area contributed by atoms with Gasteiger partial charge in [0, 0.05) is 48.4 Å². The second-order valence-corrected chi connectivity index (χ2v) is 11.8. The van der Waals surface area contributed by atoms with E-state index in [0.29, 0.717) is 18.7 Å². The number of benzene rings is 2. The Kier molecular flexibility index (Phi) is 5.96. The van der Waals surface area contributed by atoms with Gasteiger partial charge < -0.3 is 19.9 Å². The van der Waals surface area contributed by atoms with Crippen LogP contribution in [-0.4, -0.2) is 80.5 Å². The zero-order valence-electron chi connectivity index (χ0n) is 18.3. The van der Waals surface area contributed by atoms with Crippen LogP contribution in [0, 0.1) is 0 Å². The highest BCUT2D eigenvalue weighted by Gasteiger charge is 2.42. The lowest BCUT2D eigenvalue weighted by Crippen LogP contribution is -2.48. The molecule has 33 heavy (non-hydrogen) atoms. The summed E-state index contributed by atoms with van der Waals surface area (Å²) in [7, 11) is -1.32. The van der Waals surface area contributed by atoms with Gasteiger partial charge in [-0.25, -0.2) is 8.42 Å². The van der Waals surface area contributed by atoms with Crippen LogP contribution in [0.5, 0.6) is 5.75 Å². The molecule has 2 fully saturated rings. The summed E-state index contributed by atoms with van der Waals surface area (Å²) in [6.45, 7) is 2.86. The third-order valence-electron chi connectivity index (χ3n) is 6.18. The molecule has 3 aliphatic rings. The predicted molar refractivity (Wildman–Crippen MR) is 132 cm³/mol. The van der Waals surface area contributed by atoms with Gasteiger partial charge in [-0.3, -0.25) is 9.79 Å². The number of carbonyl (C=O) groups excluding carboxylic acids is 1. The molecule has 0 spiro atoms. The number of hydrogen-bond donors (Lipinski definition) is 1. The first kappa shape index (κ1) is 22.1. The van der Waals surface area contributed by atoms with Crippen LogP contribution < -0.4 is 15.0 Å². The minimum atomic E-state index is -2.97. The van der Waals surface area contributed by atoms with E-state index in [1.54, 1.807) is 7.11 Å². The molecule has 3 aliphatic heterocycles. The molecule has 2 aromatic rings. The van der Waals surface area contributed by atoms with E-state index in [0.717, 1.165) is 35.4 Å². The number of anilines is 2. The molecule has 2 aromatic carbocycles. The van der Waals surface area contributed by atoms with Crippen molar-refractivity contribution in [3.8, 4) is 5.75 Å². The van der Waals surface area contributed by atoms with Gasteiger partial charge in [-0.15, -0.1) is 0 Å². The van der Waals surface area contributed by atoms with Crippen LogP contribution in [0.1, 0.15) is 10.4 Å². The van der Waals surface area contributed by atoms with Gasteiger partial charge >= 0.3 is 0 Å². The van der Waals surface area contributed by atoms with Gasteiger partial charge in [-0.2, -0.15) is 0 Å². The van der Waals surface area contributed by atoms with E-state index in [9.17, 15) is 13.2 Å². The molecule has 0 unspecified atom stereocenters. The summed E-state index contributed by atoms with van der Waals surface area (Å²) in [5, 5.41) is 3.97. The van der Waals surface area contributed by atoms with Gasteiger partial charge in [0.2, 0.25) is 0 Å². The summed E-state index contributed by atoms with van der Waals surface area (Å²) in [4.78, 5) is 21.8. The van der Waals surface area contributed by atoms with Crippen molar-refractivity contribution in [3.63, 3.8) is 0 Å². The summed E-state index contributed by atoms with van der Waals surface area (Å²) in [6.07, 6.45) is 0. The molecule has 174 valence electrons. The maximum absolute atomic E-state index is 13.1. The van der Waals surface area contributed by atoms with Crippen molar-refractivity contribution in [2.24, 2.45) is 4.99 Å². The van der Waals surface area contributed by atoms with Crippen molar-refractivity contribution in [1.29, 1.82) is 0 Å². The average molecular weight is 487 g/mol. The lowest BCUT2D eigenvalue weighted by Gasteiger charge is -2.36. The second kappa shape index (κ2) is 8.90. The maximum Gasteiger partial charge on any atom is 0.254 e. The molecule has 2 saturated heterocycles. The fourth-order valence-electron chi connectivity index (χ4n) is 4.41. The molecular formula is C23H26N4O4S2. The molecule has 5 rings (SSSR count). The fraction of sp³-hybridized carbons (Fsp3) is 0.391. The molecular weight excluding hydrogens is 460 g/mol. The number of piperazine rings is 1. The number of carbonyl (C=O) groups is 1. The topological polar surface area (TPSA) is 91.3 Å². The van der Waals surface area contributed by atoms with Crippen molar-refractivity contribution < 1.29 is 17.9 Å². The molecule has 10 heteroatoms. The number of amides is 1. The Morgan fingerprint density at radius 3 is 2.55 bits per heavy atom. The zero-order chi connectivity index (χ0) is 23.0. The number of sulfone groups is 1. The van der Waals surface area contributed by atoms with Crippen LogP contribution in [0.2, 0.25) is 0 Å². The van der Waals surface area contributed by atoms with Crippen LogP contribution in [0.4, 0.5) is 11.4 Å². The summed E-state index contributed by atoms with van der Waals surface area (Å²) < 4.78 is 28.7. The van der Waals surface area contributed by atoms with Crippen LogP contribution in [-0.2, 0) is 9.84 Å². The lowest BCUT2D eigenvalue weighted by atomic mass is 10.1. The molecule has 0 bridgehead atoms. The highest BCUT2D eigenvalue weighted by Crippen LogP contribution is 2.34. The van der Waals surface area contributed by atoms with Crippen LogP contribution >= 0.6 is 11.8 Å². The highest BCUT2D eigenvalue weighted by molar-refractivity contribution is 8.15. The van der Waals surface area contributed by atoms with Crippen molar-refractivity contribution in [3.05, 3.63) is 54.1 Å². The molecule has 2 atom stereocenters. The van der Waals surface area contributed by atoms with E-state index in [4.69, 9.17) is 4.74 Å². The van der Waals surface area contributed by atoms with Crippen LogP contribution in [0.25, 0.3) is 0 Å². The number of nitrogens with one attached hydrogen (secondary N) is 1. The Morgan fingerprint density at radius 2 is 1.85 bits per heavy atom. The summed E-state index contributed by atoms with van der Waals surface area (Å²) in [5.74, 6) is 1.14. The van der Waals surface area contributed by atoms with Gasteiger partial charge in [0.1, 0.15) is 5.75 Å². The number of hydrogen-bond acceptors (Lipinski definition) is 8. The Labute approximate surface area is 197 Å². The number of aliphatic imine (C=N–C) groups is 1. The third kappa shape index (κ3) is 4.81. The molecule has 8 nitrogen and oxygen atoms in total. The maximum atomic E-state index is 13.1. The van der Waals surface area contributed by atoms with Gasteiger partial charge in [0.15, 0.2) is 15.0 Å². The Bertz CT molecular complexity index is 1180. The van der Waals surface area contributed by atoms with Gasteiger partial charge in [-0.1, -0.05) is 17.8 Å². The number of methoxy groups -OCH3 is 1. The fourth-order valence-corrected chi connectivity index (χ4v) is 8.09. The largest absolute Gasteiger partial charge is 0.497 e. The SMILES string of the molecule is COc1ccc(N2CCN(C(=O)c3cccc(NC4=N[C@H]5CS(=O)(=O)C[C@H]5S4)c3)CC2)cc1. The molecule has 0 aromatic heterocycles. The van der Waals surface area contributed by atoms with Crippen molar-refractivity contribution >= 4 is 44.0 Å². The normalized spacial score (nSPS) is 23.7. The van der Waals surface area contributed by atoms with E-state index >= 15 is 0 Å². The second-order valence-electron chi connectivity index (χ2n) is 8.42. The van der Waals surface area contributed by atoms with Gasteiger partial charge in [-0.05, 0) is 42.5 Å². The zero-order valence-corrected chi connectivity index (χ0v) is 19.9. The number of nitrogens with zero attached hydrogens (tertiary/aromatic N) is 3. The van der Waals surface area contributed by atoms with Crippen molar-refractivity contribution in [2.75, 3.05) is 55.0 Å². The van der Waals surface area contributed by atoms with Crippen molar-refractivity contribution in [1.82, 2.24) is 4.90 Å². The Morgan fingerprint density at radius 1 is 1.09 bits per heavy atom. The molecule has 1 N–H and O–H groups in total. The smallest absolute Gasteiger partial charge is 0.254 e. The van der Waals surface area contributed by atoms with Crippen molar-refractivity contribution in [2.45, 2.75) is 11.3 Å². The number of amidine groups is 1. The number of thioether (sulfide) groups is 1. The summed E-state index contributed by atoms with van der Waals surface area (Å²) >= 11 is 1.47. The Balaban J connectivity index is 1.19. The lowest BCUT2D eigenvalue weighted by molar-refractivity contribution is 0.0747. The average Bonchev–Trinajstić information content (AvgIpc) is 3.31. The van der Waals surface area contributed by atoms with E-state index in [-0.39, 0.29) is 28.7 Å². The van der Waals surface area contributed by atoms with Gasteiger partial charge in [0.25, 0.3) is 5.91 Å². The van der Waals surface area contributed by atoms with Crippen LogP contribution in [0.15, 0.2) is 53.5 Å². The molecule has 0 radical (unpaired) electrons. The van der Waals surface area contributed by atoms with Crippen LogP contribution in [0.3, 0.4) is 0 Å². The molecule has 0 aliphatic carbocycles. The minimum absolute atomic E-state index is 0.00990. The van der Waals surface area contributed by atoms with E-state index in [1.807, 2.05) is 53.4 Å². The highest BCUT2D eigenvalue weighted by atomic mass is 32.2. The number of ether oxygens (including phenoxy) is 1. The molecule has 0 saturated carbocycles. The van der Waals surface area contributed by atoms with Gasteiger partial charge in [0.05, 0.1) is 24.7 Å². The summed E-state index contributed by atoms with van der Waals surface area (Å²) in [6, 6.07) is 15.2. The number of rotatable bonds is 4. The minimum Gasteiger partial charge on any atom is -0.497 e. The quantitative estimate of drug-likeness (QED) is 0.709. The molecule has 3 heterocycles. The Hall–Kier alpha value is -2.72. The summed E-state index contributed by atoms with van der Waals surface area (Å²) in [5.41, 5.74) is 2.54. The first-order chi connectivity index (χ1) is 15.9. The predicted octanol–water partition coefficient (Wildman–Crippen LogP) is 2.34. The molecule has 1 amide bonds. The monoisotopic (exact) mass is 486 g/mol. The third-order valence-corrected chi connectivity index (χ3v) is 9.33. The first-order valence-corrected chi connectivity index (χ1v) is 13.6. The first-order valence-electron chi connectivity index (χ1n) is 10.9.